The Hall–Kier alpha value is -1.02. The van der Waals surface area contributed by atoms with Crippen LogP contribution in [0.4, 0.5) is 5.69 Å². The molecule has 0 saturated carbocycles. The number of halogens is 3. The molecule has 1 fully saturated rings. The van der Waals surface area contributed by atoms with Crippen LogP contribution in [0.3, 0.4) is 0 Å². The van der Waals surface area contributed by atoms with E-state index >= 15 is 0 Å². The molecule has 2 aromatic rings. The second-order valence-electron chi connectivity index (χ2n) is 4.58. The van der Waals surface area contributed by atoms with Crippen molar-refractivity contribution in [1.82, 2.24) is 5.32 Å². The molecule has 0 aromatic heterocycles. The van der Waals surface area contributed by atoms with Gasteiger partial charge in [0.25, 0.3) is 5.91 Å². The molecule has 1 N–H and O–H groups in total. The van der Waals surface area contributed by atoms with E-state index < -0.39 is 0 Å². The third-order valence-corrected chi connectivity index (χ3v) is 5.70. The van der Waals surface area contributed by atoms with E-state index in [0.717, 1.165) is 9.13 Å². The minimum atomic E-state index is -0.174. The summed E-state index contributed by atoms with van der Waals surface area (Å²) in [5, 5.41) is 4.02. The predicted molar refractivity (Wildman–Crippen MR) is 106 cm³/mol. The number of aliphatic imine (C=N–C) groups is 1. The summed E-state index contributed by atoms with van der Waals surface area (Å²) in [5.74, 6) is -0.174. The molecule has 116 valence electrons. The monoisotopic (exact) mass is 474 g/mol. The number of carbonyl (C=O) groups excluding carboxylic acids is 1. The maximum Gasteiger partial charge on any atom is 0.264 e. The second-order valence-corrected chi connectivity index (χ2v) is 7.55. The normalized spacial score (nSPS) is 17.8. The number of hydrogen-bond acceptors (Lipinski definition) is 3. The third-order valence-electron chi connectivity index (χ3n) is 3.00. The van der Waals surface area contributed by atoms with Crippen molar-refractivity contribution in [3.63, 3.8) is 0 Å². The molecule has 2 aromatic carbocycles. The largest absolute Gasteiger partial charge is 0.300 e. The Balaban J connectivity index is 1.89. The van der Waals surface area contributed by atoms with Crippen LogP contribution in [0.5, 0.6) is 0 Å². The van der Waals surface area contributed by atoms with E-state index in [1.165, 1.54) is 11.8 Å². The van der Waals surface area contributed by atoms with E-state index in [9.17, 15) is 4.79 Å². The first kappa shape index (κ1) is 16.8. The zero-order valence-electron chi connectivity index (χ0n) is 11.5. The zero-order valence-corrected chi connectivity index (χ0v) is 16.0. The summed E-state index contributed by atoms with van der Waals surface area (Å²) in [5.41, 5.74) is 1.52. The number of hydrogen-bond donors (Lipinski definition) is 1. The predicted octanol–water partition coefficient (Wildman–Crippen LogP) is 5.49. The van der Waals surface area contributed by atoms with Crippen molar-refractivity contribution in [3.05, 3.63) is 66.5 Å². The highest BCUT2D eigenvalue weighted by molar-refractivity contribution is 14.1. The molecule has 3 rings (SSSR count). The number of nitrogens with zero attached hydrogens (tertiary/aromatic N) is 1. The van der Waals surface area contributed by atoms with Crippen molar-refractivity contribution < 1.29 is 4.79 Å². The molecule has 0 aliphatic carbocycles. The Kier molecular flexibility index (Phi) is 5.31. The third kappa shape index (κ3) is 3.91. The average molecular weight is 475 g/mol. The summed E-state index contributed by atoms with van der Waals surface area (Å²) >= 11 is 15.6. The summed E-state index contributed by atoms with van der Waals surface area (Å²) in [6.45, 7) is 0. The smallest absolute Gasteiger partial charge is 0.264 e. The van der Waals surface area contributed by atoms with Crippen molar-refractivity contribution >= 4 is 80.4 Å². The van der Waals surface area contributed by atoms with Gasteiger partial charge in [0, 0.05) is 3.57 Å². The van der Waals surface area contributed by atoms with Crippen LogP contribution in [0.25, 0.3) is 6.08 Å². The first-order chi connectivity index (χ1) is 11.0. The minimum absolute atomic E-state index is 0.174. The van der Waals surface area contributed by atoms with Gasteiger partial charge in [0.15, 0.2) is 5.17 Å². The summed E-state index contributed by atoms with van der Waals surface area (Å²) in [6, 6.07) is 13.0. The fraction of sp³-hybridized carbons (Fsp3) is 0. The number of benzene rings is 2. The Bertz CT molecular complexity index is 852. The van der Waals surface area contributed by atoms with Gasteiger partial charge < -0.3 is 5.32 Å². The van der Waals surface area contributed by atoms with Gasteiger partial charge >= 0.3 is 0 Å². The lowest BCUT2D eigenvalue weighted by molar-refractivity contribution is -0.115. The number of rotatable bonds is 2. The Morgan fingerprint density at radius 2 is 1.91 bits per heavy atom. The molecule has 0 spiro atoms. The van der Waals surface area contributed by atoms with Crippen molar-refractivity contribution in [3.8, 4) is 0 Å². The fourth-order valence-electron chi connectivity index (χ4n) is 1.90. The summed E-state index contributed by atoms with van der Waals surface area (Å²) in [7, 11) is 0. The standard InChI is InChI=1S/C16H9Cl2IN2OS/c17-10-5-3-7-12(14(10)18)20-16-21-15(22)13(23-16)8-9-4-1-2-6-11(9)19/h1-8H,(H,20,21,22). The maximum absolute atomic E-state index is 12.1. The summed E-state index contributed by atoms with van der Waals surface area (Å²) in [6.07, 6.45) is 1.85. The van der Waals surface area contributed by atoms with Crippen molar-refractivity contribution in [1.29, 1.82) is 0 Å². The lowest BCUT2D eigenvalue weighted by atomic mass is 10.2. The van der Waals surface area contributed by atoms with Gasteiger partial charge in [0.05, 0.1) is 20.6 Å². The van der Waals surface area contributed by atoms with E-state index in [1.54, 1.807) is 18.2 Å². The first-order valence-corrected chi connectivity index (χ1v) is 9.18. The molecule has 1 aliphatic heterocycles. The molecule has 23 heavy (non-hydrogen) atoms. The minimum Gasteiger partial charge on any atom is -0.300 e. The highest BCUT2D eigenvalue weighted by Crippen LogP contribution is 2.34. The highest BCUT2D eigenvalue weighted by atomic mass is 127. The quantitative estimate of drug-likeness (QED) is 0.461. The first-order valence-electron chi connectivity index (χ1n) is 6.53. The van der Waals surface area contributed by atoms with Gasteiger partial charge in [0.2, 0.25) is 0 Å². The molecule has 0 unspecified atom stereocenters. The molecule has 7 heteroatoms. The van der Waals surface area contributed by atoms with E-state index in [2.05, 4.69) is 32.9 Å². The number of thioether (sulfide) groups is 1. The Morgan fingerprint density at radius 1 is 1.13 bits per heavy atom. The average Bonchev–Trinajstić information content (AvgIpc) is 2.86. The van der Waals surface area contributed by atoms with Crippen LogP contribution in [-0.2, 0) is 4.79 Å². The lowest BCUT2D eigenvalue weighted by Crippen LogP contribution is -2.19. The Labute approximate surface area is 161 Å². The van der Waals surface area contributed by atoms with Gasteiger partial charge in [0.1, 0.15) is 0 Å². The molecule has 1 aliphatic rings. The van der Waals surface area contributed by atoms with E-state index in [0.29, 0.717) is 25.8 Å². The maximum atomic E-state index is 12.1. The molecule has 1 heterocycles. The lowest BCUT2D eigenvalue weighted by Gasteiger charge is -2.01. The molecular weight excluding hydrogens is 466 g/mol. The molecule has 3 nitrogen and oxygen atoms in total. The SMILES string of the molecule is O=C1NC(=Nc2cccc(Cl)c2Cl)SC1=Cc1ccccc1I. The van der Waals surface area contributed by atoms with Crippen molar-refractivity contribution in [2.75, 3.05) is 0 Å². The van der Waals surface area contributed by atoms with Crippen LogP contribution in [0.1, 0.15) is 5.56 Å². The Morgan fingerprint density at radius 3 is 2.70 bits per heavy atom. The number of nitrogens with one attached hydrogen (secondary N) is 1. The molecule has 1 saturated heterocycles. The zero-order chi connectivity index (χ0) is 16.4. The van der Waals surface area contributed by atoms with Gasteiger partial charge in [-0.05, 0) is 64.2 Å². The van der Waals surface area contributed by atoms with Gasteiger partial charge in [-0.25, -0.2) is 4.99 Å². The van der Waals surface area contributed by atoms with Gasteiger partial charge in [-0.2, -0.15) is 0 Å². The van der Waals surface area contributed by atoms with Gasteiger partial charge in [-0.1, -0.05) is 47.5 Å². The molecule has 1 amide bonds. The van der Waals surface area contributed by atoms with Crippen molar-refractivity contribution in [2.24, 2.45) is 4.99 Å². The van der Waals surface area contributed by atoms with E-state index in [4.69, 9.17) is 23.2 Å². The van der Waals surface area contributed by atoms with Crippen LogP contribution >= 0.6 is 57.6 Å². The summed E-state index contributed by atoms with van der Waals surface area (Å²) < 4.78 is 1.08. The fourth-order valence-corrected chi connectivity index (χ4v) is 3.61. The van der Waals surface area contributed by atoms with Crippen LogP contribution < -0.4 is 5.32 Å². The van der Waals surface area contributed by atoms with E-state index in [-0.39, 0.29) is 5.91 Å². The molecule has 0 atom stereocenters. The highest BCUT2D eigenvalue weighted by Gasteiger charge is 2.24. The molecular formula is C16H9Cl2IN2OS. The topological polar surface area (TPSA) is 41.5 Å². The van der Waals surface area contributed by atoms with Crippen molar-refractivity contribution in [2.45, 2.75) is 0 Å². The van der Waals surface area contributed by atoms with Crippen LogP contribution in [-0.4, -0.2) is 11.1 Å². The molecule has 0 bridgehead atoms. The van der Waals surface area contributed by atoms with Crippen LogP contribution in [0, 0.1) is 3.57 Å². The van der Waals surface area contributed by atoms with Crippen LogP contribution in [0.15, 0.2) is 52.4 Å². The number of carbonyl (C=O) groups is 1. The molecule has 0 radical (unpaired) electrons. The van der Waals surface area contributed by atoms with Crippen LogP contribution in [0.2, 0.25) is 10.0 Å². The van der Waals surface area contributed by atoms with Gasteiger partial charge in [-0.3, -0.25) is 4.79 Å². The second kappa shape index (κ2) is 7.25. The van der Waals surface area contributed by atoms with Gasteiger partial charge in [-0.15, -0.1) is 0 Å². The summed E-state index contributed by atoms with van der Waals surface area (Å²) in [4.78, 5) is 17.1. The number of amides is 1. The van der Waals surface area contributed by atoms with E-state index in [1.807, 2.05) is 30.3 Å². The number of amidine groups is 1.